The third-order valence-electron chi connectivity index (χ3n) is 4.51. The summed E-state index contributed by atoms with van der Waals surface area (Å²) in [6, 6.07) is 2.09. The molecule has 0 saturated carbocycles. The first-order valence-corrected chi connectivity index (χ1v) is 7.73. The highest BCUT2D eigenvalue weighted by atomic mass is 16.2. The van der Waals surface area contributed by atoms with Crippen LogP contribution in [0.2, 0.25) is 0 Å². The van der Waals surface area contributed by atoms with Crippen LogP contribution in [0.1, 0.15) is 37.8 Å². The van der Waals surface area contributed by atoms with Crippen molar-refractivity contribution in [3.63, 3.8) is 0 Å². The summed E-state index contributed by atoms with van der Waals surface area (Å²) in [6.45, 7) is 4.94. The maximum atomic E-state index is 12.7. The van der Waals surface area contributed by atoms with Gasteiger partial charge in [0.1, 0.15) is 5.82 Å². The molecular weight excluding hydrogens is 252 g/mol. The van der Waals surface area contributed by atoms with E-state index < -0.39 is 0 Å². The number of hydrogen-bond acceptors (Lipinski definition) is 3. The SMILES string of the molecule is Cc1cc(N2CC[C@H](N3CCCCCC3)C2=O)n(C)n1. The fourth-order valence-corrected chi connectivity index (χ4v) is 3.49. The summed E-state index contributed by atoms with van der Waals surface area (Å²) in [5.74, 6) is 1.19. The second-order valence-electron chi connectivity index (χ2n) is 6.01. The predicted octanol–water partition coefficient (Wildman–Crippen LogP) is 1.71. The van der Waals surface area contributed by atoms with Gasteiger partial charge < -0.3 is 0 Å². The zero-order valence-corrected chi connectivity index (χ0v) is 12.5. The number of carbonyl (C=O) groups is 1. The summed E-state index contributed by atoms with van der Waals surface area (Å²) < 4.78 is 1.82. The van der Waals surface area contributed by atoms with Gasteiger partial charge in [0.2, 0.25) is 5.91 Å². The molecule has 1 aromatic rings. The van der Waals surface area contributed by atoms with E-state index in [0.29, 0.717) is 0 Å². The van der Waals surface area contributed by atoms with Gasteiger partial charge in [0.15, 0.2) is 0 Å². The zero-order valence-electron chi connectivity index (χ0n) is 12.5. The van der Waals surface area contributed by atoms with Crippen molar-refractivity contribution in [3.8, 4) is 0 Å². The Labute approximate surface area is 120 Å². The molecule has 20 heavy (non-hydrogen) atoms. The molecule has 0 radical (unpaired) electrons. The highest BCUT2D eigenvalue weighted by Crippen LogP contribution is 2.26. The van der Waals surface area contributed by atoms with Gasteiger partial charge in [-0.15, -0.1) is 0 Å². The van der Waals surface area contributed by atoms with Gasteiger partial charge in [-0.05, 0) is 39.3 Å². The molecule has 5 nitrogen and oxygen atoms in total. The molecule has 5 heteroatoms. The van der Waals surface area contributed by atoms with Gasteiger partial charge in [-0.25, -0.2) is 0 Å². The number of anilines is 1. The summed E-state index contributed by atoms with van der Waals surface area (Å²) >= 11 is 0. The van der Waals surface area contributed by atoms with Crippen molar-refractivity contribution in [2.75, 3.05) is 24.5 Å². The first-order chi connectivity index (χ1) is 9.66. The van der Waals surface area contributed by atoms with Gasteiger partial charge >= 0.3 is 0 Å². The Bertz CT molecular complexity index is 488. The Morgan fingerprint density at radius 1 is 1.15 bits per heavy atom. The summed E-state index contributed by atoms with van der Waals surface area (Å²) in [5.41, 5.74) is 0.966. The van der Waals surface area contributed by atoms with Crippen molar-refractivity contribution in [1.29, 1.82) is 0 Å². The summed E-state index contributed by atoms with van der Waals surface area (Å²) in [6.07, 6.45) is 6.02. The summed E-state index contributed by atoms with van der Waals surface area (Å²) in [4.78, 5) is 17.0. The van der Waals surface area contributed by atoms with E-state index in [1.165, 1.54) is 25.7 Å². The van der Waals surface area contributed by atoms with Gasteiger partial charge in [0.25, 0.3) is 0 Å². The number of nitrogens with zero attached hydrogens (tertiary/aromatic N) is 4. The predicted molar refractivity (Wildman–Crippen MR) is 78.7 cm³/mol. The minimum absolute atomic E-state index is 0.0864. The van der Waals surface area contributed by atoms with Crippen molar-refractivity contribution in [1.82, 2.24) is 14.7 Å². The number of amides is 1. The summed E-state index contributed by atoms with van der Waals surface area (Å²) in [7, 11) is 1.91. The monoisotopic (exact) mass is 276 g/mol. The molecular formula is C15H24N4O. The molecule has 2 fully saturated rings. The molecule has 1 amide bonds. The molecule has 1 atom stereocenters. The van der Waals surface area contributed by atoms with Gasteiger partial charge in [-0.2, -0.15) is 5.10 Å². The normalized spacial score (nSPS) is 25.2. The van der Waals surface area contributed by atoms with Crippen LogP contribution in [0.25, 0.3) is 0 Å². The largest absolute Gasteiger partial charge is 0.296 e. The molecule has 0 spiro atoms. The van der Waals surface area contributed by atoms with E-state index in [0.717, 1.165) is 37.6 Å². The van der Waals surface area contributed by atoms with Crippen molar-refractivity contribution in [3.05, 3.63) is 11.8 Å². The Morgan fingerprint density at radius 2 is 1.85 bits per heavy atom. The van der Waals surface area contributed by atoms with Crippen LogP contribution in [-0.2, 0) is 11.8 Å². The average Bonchev–Trinajstić information content (AvgIpc) is 2.82. The van der Waals surface area contributed by atoms with Crippen molar-refractivity contribution < 1.29 is 4.79 Å². The van der Waals surface area contributed by atoms with E-state index >= 15 is 0 Å². The molecule has 2 aliphatic rings. The quantitative estimate of drug-likeness (QED) is 0.826. The second-order valence-corrected chi connectivity index (χ2v) is 6.01. The minimum atomic E-state index is 0.0864. The van der Waals surface area contributed by atoms with Crippen molar-refractivity contribution in [2.24, 2.45) is 7.05 Å². The van der Waals surface area contributed by atoms with E-state index in [-0.39, 0.29) is 11.9 Å². The lowest BCUT2D eigenvalue weighted by molar-refractivity contribution is -0.121. The molecule has 0 N–H and O–H groups in total. The van der Waals surface area contributed by atoms with Gasteiger partial charge in [-0.1, -0.05) is 12.8 Å². The van der Waals surface area contributed by atoms with Crippen LogP contribution in [0.5, 0.6) is 0 Å². The lowest BCUT2D eigenvalue weighted by Crippen LogP contribution is -2.42. The molecule has 2 saturated heterocycles. The van der Waals surface area contributed by atoms with Crippen LogP contribution < -0.4 is 4.90 Å². The lowest BCUT2D eigenvalue weighted by atomic mass is 10.2. The molecule has 0 aromatic carbocycles. The van der Waals surface area contributed by atoms with Crippen LogP contribution in [0.4, 0.5) is 5.82 Å². The van der Waals surface area contributed by atoms with E-state index in [1.54, 1.807) is 0 Å². The first kappa shape index (κ1) is 13.6. The molecule has 1 aromatic heterocycles. The fraction of sp³-hybridized carbons (Fsp3) is 0.733. The fourth-order valence-electron chi connectivity index (χ4n) is 3.49. The van der Waals surface area contributed by atoms with Crippen molar-refractivity contribution in [2.45, 2.75) is 45.1 Å². The third kappa shape index (κ3) is 2.46. The number of hydrogen-bond donors (Lipinski definition) is 0. The number of aromatic nitrogens is 2. The highest BCUT2D eigenvalue weighted by molar-refractivity contribution is 5.98. The number of carbonyl (C=O) groups excluding carboxylic acids is 1. The Kier molecular flexibility index (Phi) is 3.78. The summed E-state index contributed by atoms with van der Waals surface area (Å²) in [5, 5.41) is 4.35. The highest BCUT2D eigenvalue weighted by Gasteiger charge is 2.37. The van der Waals surface area contributed by atoms with E-state index in [1.807, 2.05) is 29.6 Å². The van der Waals surface area contributed by atoms with Crippen LogP contribution in [0.15, 0.2) is 6.07 Å². The van der Waals surface area contributed by atoms with Crippen LogP contribution in [-0.4, -0.2) is 46.3 Å². The number of likely N-dealkylation sites (tertiary alicyclic amines) is 1. The van der Waals surface area contributed by atoms with Crippen LogP contribution in [0, 0.1) is 6.92 Å². The smallest absolute Gasteiger partial charge is 0.245 e. The third-order valence-corrected chi connectivity index (χ3v) is 4.51. The molecule has 0 aliphatic carbocycles. The van der Waals surface area contributed by atoms with Crippen LogP contribution >= 0.6 is 0 Å². The Morgan fingerprint density at radius 3 is 2.45 bits per heavy atom. The molecule has 3 heterocycles. The molecule has 110 valence electrons. The van der Waals surface area contributed by atoms with Gasteiger partial charge in [-0.3, -0.25) is 19.3 Å². The number of rotatable bonds is 2. The maximum absolute atomic E-state index is 12.7. The maximum Gasteiger partial charge on any atom is 0.245 e. The Balaban J connectivity index is 1.75. The topological polar surface area (TPSA) is 41.4 Å². The van der Waals surface area contributed by atoms with Gasteiger partial charge in [0.05, 0.1) is 11.7 Å². The molecule has 0 bridgehead atoms. The molecule has 2 aliphatic heterocycles. The minimum Gasteiger partial charge on any atom is -0.296 e. The zero-order chi connectivity index (χ0) is 14.1. The van der Waals surface area contributed by atoms with E-state index in [4.69, 9.17) is 0 Å². The Hall–Kier alpha value is -1.36. The van der Waals surface area contributed by atoms with Crippen LogP contribution in [0.3, 0.4) is 0 Å². The average molecular weight is 276 g/mol. The van der Waals surface area contributed by atoms with Crippen molar-refractivity contribution >= 4 is 11.7 Å². The second kappa shape index (κ2) is 5.56. The standard InChI is InChI=1S/C15H24N4O/c1-12-11-14(17(2)16-12)19-10-7-13(15(19)20)18-8-5-3-4-6-9-18/h11,13H,3-10H2,1-2H3/t13-/m0/s1. The van der Waals surface area contributed by atoms with Gasteiger partial charge in [0, 0.05) is 19.7 Å². The molecule has 0 unspecified atom stereocenters. The van der Waals surface area contributed by atoms with E-state index in [9.17, 15) is 4.79 Å². The lowest BCUT2D eigenvalue weighted by Gasteiger charge is -2.26. The van der Waals surface area contributed by atoms with E-state index in [2.05, 4.69) is 10.00 Å². The first-order valence-electron chi connectivity index (χ1n) is 7.73. The molecule has 3 rings (SSSR count). The number of aryl methyl sites for hydroxylation is 2.